The minimum atomic E-state index is -0.828. The Balaban J connectivity index is 2.04. The van der Waals surface area contributed by atoms with Crippen molar-refractivity contribution in [3.63, 3.8) is 0 Å². The number of carbonyl (C=O) groups excluding carboxylic acids is 2. The average molecular weight is 364 g/mol. The largest absolute Gasteiger partial charge is 0.497 e. The molecule has 0 heterocycles. The molecule has 0 bridgehead atoms. The molecule has 2 aromatic rings. The molecule has 0 aromatic heterocycles. The van der Waals surface area contributed by atoms with Crippen LogP contribution in [0.1, 0.15) is 36.0 Å². The Labute approximate surface area is 159 Å². The topological polar surface area (TPSA) is 52.6 Å². The highest BCUT2D eigenvalue weighted by atomic mass is 16.5. The summed E-state index contributed by atoms with van der Waals surface area (Å²) in [6.45, 7) is 4.03. The number of hydrogen-bond acceptors (Lipinski definition) is 4. The molecule has 2 atom stereocenters. The fourth-order valence-electron chi connectivity index (χ4n) is 3.61. The van der Waals surface area contributed by atoms with E-state index in [0.29, 0.717) is 12.2 Å². The second-order valence-corrected chi connectivity index (χ2v) is 6.76. The molecular formula is C23H24O4. The van der Waals surface area contributed by atoms with E-state index in [1.54, 1.807) is 20.1 Å². The van der Waals surface area contributed by atoms with Crippen molar-refractivity contribution >= 4 is 17.3 Å². The molecule has 0 fully saturated rings. The fourth-order valence-corrected chi connectivity index (χ4v) is 3.61. The third-order valence-electron chi connectivity index (χ3n) is 4.92. The first kappa shape index (κ1) is 18.9. The lowest BCUT2D eigenvalue weighted by Crippen LogP contribution is -2.34. The summed E-state index contributed by atoms with van der Waals surface area (Å²) in [6.07, 6.45) is 2.19. The van der Waals surface area contributed by atoms with Crippen molar-refractivity contribution in [2.45, 2.75) is 26.2 Å². The van der Waals surface area contributed by atoms with E-state index in [1.165, 1.54) is 0 Å². The maximum Gasteiger partial charge on any atom is 0.317 e. The van der Waals surface area contributed by atoms with Gasteiger partial charge >= 0.3 is 5.97 Å². The van der Waals surface area contributed by atoms with Crippen LogP contribution in [0.5, 0.6) is 5.75 Å². The molecule has 0 N–H and O–H groups in total. The molecular weight excluding hydrogens is 340 g/mol. The van der Waals surface area contributed by atoms with Crippen molar-refractivity contribution in [2.75, 3.05) is 13.7 Å². The van der Waals surface area contributed by atoms with Gasteiger partial charge in [0.1, 0.15) is 11.7 Å². The molecule has 1 aliphatic rings. The lowest BCUT2D eigenvalue weighted by atomic mass is 9.73. The summed E-state index contributed by atoms with van der Waals surface area (Å²) in [4.78, 5) is 25.4. The first-order valence-corrected chi connectivity index (χ1v) is 9.15. The van der Waals surface area contributed by atoms with Gasteiger partial charge < -0.3 is 9.47 Å². The monoisotopic (exact) mass is 364 g/mol. The molecule has 1 aliphatic carbocycles. The van der Waals surface area contributed by atoms with Crippen LogP contribution >= 0.6 is 0 Å². The molecule has 0 aliphatic heterocycles. The Kier molecular flexibility index (Phi) is 5.75. The van der Waals surface area contributed by atoms with Crippen molar-refractivity contribution < 1.29 is 19.1 Å². The highest BCUT2D eigenvalue weighted by molar-refractivity contribution is 6.10. The zero-order valence-corrected chi connectivity index (χ0v) is 15.9. The number of carbonyl (C=O) groups is 2. The van der Waals surface area contributed by atoms with E-state index >= 15 is 0 Å². The standard InChI is InChI=1S/C23H24O4/c1-4-27-23(25)22-20(17-9-6-10-19(12-17)26-3)13-18(14-21(22)24)16-8-5-7-15(2)11-16/h5-12,14,20,22H,4,13H2,1-3H3/t20-,22+/m1/s1. The van der Waals surface area contributed by atoms with E-state index in [2.05, 4.69) is 6.07 Å². The van der Waals surface area contributed by atoms with Crippen molar-refractivity contribution in [1.29, 1.82) is 0 Å². The minimum Gasteiger partial charge on any atom is -0.497 e. The molecule has 0 radical (unpaired) electrons. The minimum absolute atomic E-state index is 0.205. The number of esters is 1. The predicted octanol–water partition coefficient (Wildman–Crippen LogP) is 4.32. The number of allylic oxidation sites excluding steroid dienone is 2. The summed E-state index contributed by atoms with van der Waals surface area (Å²) in [5, 5.41) is 0. The third-order valence-corrected chi connectivity index (χ3v) is 4.92. The average Bonchev–Trinajstić information content (AvgIpc) is 2.67. The normalized spacial score (nSPS) is 19.4. The van der Waals surface area contributed by atoms with E-state index in [0.717, 1.165) is 22.3 Å². The van der Waals surface area contributed by atoms with Crippen LogP contribution in [0.2, 0.25) is 0 Å². The van der Waals surface area contributed by atoms with Crippen LogP contribution in [0, 0.1) is 12.8 Å². The number of hydrogen-bond donors (Lipinski definition) is 0. The third kappa shape index (κ3) is 4.11. The van der Waals surface area contributed by atoms with Crippen molar-refractivity contribution in [1.82, 2.24) is 0 Å². The van der Waals surface area contributed by atoms with E-state index in [1.807, 2.05) is 49.4 Å². The van der Waals surface area contributed by atoms with Gasteiger partial charge in [-0.3, -0.25) is 9.59 Å². The summed E-state index contributed by atoms with van der Waals surface area (Å²) in [5.41, 5.74) is 3.99. The zero-order valence-electron chi connectivity index (χ0n) is 15.9. The van der Waals surface area contributed by atoms with Crippen LogP contribution < -0.4 is 4.74 Å². The van der Waals surface area contributed by atoms with Gasteiger partial charge in [0.15, 0.2) is 5.78 Å². The van der Waals surface area contributed by atoms with E-state index in [9.17, 15) is 9.59 Å². The van der Waals surface area contributed by atoms with Gasteiger partial charge in [-0.1, -0.05) is 42.0 Å². The number of benzene rings is 2. The summed E-state index contributed by atoms with van der Waals surface area (Å²) < 4.78 is 10.5. The Bertz CT molecular complexity index is 881. The Morgan fingerprint density at radius 2 is 1.93 bits per heavy atom. The van der Waals surface area contributed by atoms with Crippen LogP contribution in [0.3, 0.4) is 0 Å². The van der Waals surface area contributed by atoms with E-state index in [4.69, 9.17) is 9.47 Å². The van der Waals surface area contributed by atoms with Crippen molar-refractivity contribution in [3.8, 4) is 5.75 Å². The van der Waals surface area contributed by atoms with Crippen LogP contribution in [0.15, 0.2) is 54.6 Å². The number of aryl methyl sites for hydroxylation is 1. The second kappa shape index (κ2) is 8.21. The number of ether oxygens (including phenoxy) is 2. The SMILES string of the molecule is CCOC(=O)[C@@H]1C(=O)C=C(c2cccc(C)c2)C[C@@H]1c1cccc(OC)c1. The Morgan fingerprint density at radius 3 is 2.63 bits per heavy atom. The van der Waals surface area contributed by atoms with E-state index < -0.39 is 11.9 Å². The number of rotatable bonds is 5. The molecule has 3 rings (SSSR count). The highest BCUT2D eigenvalue weighted by Gasteiger charge is 2.39. The molecule has 140 valence electrons. The molecule has 0 saturated carbocycles. The van der Waals surface area contributed by atoms with Crippen LogP contribution in [-0.2, 0) is 14.3 Å². The maximum absolute atomic E-state index is 12.9. The van der Waals surface area contributed by atoms with Gasteiger partial charge in [0.05, 0.1) is 13.7 Å². The van der Waals surface area contributed by atoms with Gasteiger partial charge in [-0.2, -0.15) is 0 Å². The summed E-state index contributed by atoms with van der Waals surface area (Å²) in [5.74, 6) is -1.08. The summed E-state index contributed by atoms with van der Waals surface area (Å²) in [7, 11) is 1.60. The number of ketones is 1. The summed E-state index contributed by atoms with van der Waals surface area (Å²) >= 11 is 0. The van der Waals surface area contributed by atoms with Gasteiger partial charge in [0.2, 0.25) is 0 Å². The van der Waals surface area contributed by atoms with Gasteiger partial charge in [-0.15, -0.1) is 0 Å². The quantitative estimate of drug-likeness (QED) is 0.586. The first-order valence-electron chi connectivity index (χ1n) is 9.15. The smallest absolute Gasteiger partial charge is 0.317 e. The second-order valence-electron chi connectivity index (χ2n) is 6.76. The molecule has 4 heteroatoms. The fraction of sp³-hybridized carbons (Fsp3) is 0.304. The molecule has 2 aromatic carbocycles. The Hall–Kier alpha value is -2.88. The van der Waals surface area contributed by atoms with Gasteiger partial charge in [-0.05, 0) is 55.2 Å². The molecule has 0 amide bonds. The van der Waals surface area contributed by atoms with Crippen molar-refractivity contribution in [2.24, 2.45) is 5.92 Å². The molecule has 0 saturated heterocycles. The predicted molar refractivity (Wildman–Crippen MR) is 105 cm³/mol. The number of methoxy groups -OCH3 is 1. The van der Waals surface area contributed by atoms with Crippen LogP contribution in [0.4, 0.5) is 0 Å². The van der Waals surface area contributed by atoms with Crippen LogP contribution in [0.25, 0.3) is 5.57 Å². The van der Waals surface area contributed by atoms with Gasteiger partial charge in [0, 0.05) is 5.92 Å². The van der Waals surface area contributed by atoms with Crippen molar-refractivity contribution in [3.05, 3.63) is 71.3 Å². The van der Waals surface area contributed by atoms with Gasteiger partial charge in [-0.25, -0.2) is 0 Å². The lowest BCUT2D eigenvalue weighted by Gasteiger charge is -2.29. The molecule has 0 spiro atoms. The molecule has 27 heavy (non-hydrogen) atoms. The van der Waals surface area contributed by atoms with E-state index in [-0.39, 0.29) is 18.3 Å². The zero-order chi connectivity index (χ0) is 19.4. The molecule has 4 nitrogen and oxygen atoms in total. The first-order chi connectivity index (χ1) is 13.0. The van der Waals surface area contributed by atoms with Crippen LogP contribution in [-0.4, -0.2) is 25.5 Å². The van der Waals surface area contributed by atoms with Gasteiger partial charge in [0.25, 0.3) is 0 Å². The maximum atomic E-state index is 12.9. The summed E-state index contributed by atoms with van der Waals surface area (Å²) in [6, 6.07) is 15.6. The highest BCUT2D eigenvalue weighted by Crippen LogP contribution is 2.41. The lowest BCUT2D eigenvalue weighted by molar-refractivity contribution is -0.151. The Morgan fingerprint density at radius 1 is 1.15 bits per heavy atom. The molecule has 0 unspecified atom stereocenters.